The van der Waals surface area contributed by atoms with Crippen molar-refractivity contribution in [3.63, 3.8) is 0 Å². The van der Waals surface area contributed by atoms with Crippen molar-refractivity contribution in [1.29, 1.82) is 0 Å². The maximum absolute atomic E-state index is 10.5. The number of carboxylic acid groups (broad SMARTS) is 1. The van der Waals surface area contributed by atoms with Gasteiger partial charge in [0.05, 0.1) is 0 Å². The molecule has 17 heavy (non-hydrogen) atoms. The normalized spacial score (nSPS) is 20.9. The minimum absolute atomic E-state index is 0.316. The van der Waals surface area contributed by atoms with Gasteiger partial charge in [-0.05, 0) is 44.4 Å². The van der Waals surface area contributed by atoms with Crippen LogP contribution in [0.25, 0.3) is 0 Å². The van der Waals surface area contributed by atoms with Crippen LogP contribution in [0.3, 0.4) is 0 Å². The summed E-state index contributed by atoms with van der Waals surface area (Å²) in [5.74, 6) is -0.0931. The molecule has 2 rings (SSSR count). The second-order valence-electron chi connectivity index (χ2n) is 4.83. The van der Waals surface area contributed by atoms with Gasteiger partial charge < -0.3 is 5.11 Å². The van der Waals surface area contributed by atoms with Gasteiger partial charge in [-0.25, -0.2) is 0 Å². The highest BCUT2D eigenvalue weighted by Gasteiger charge is 2.23. The first kappa shape index (κ1) is 12.6. The number of nitrogens with zero attached hydrogens (tertiary/aromatic N) is 1. The minimum Gasteiger partial charge on any atom is -0.481 e. The molecule has 0 saturated carbocycles. The van der Waals surface area contributed by atoms with Crippen molar-refractivity contribution in [2.45, 2.75) is 32.7 Å². The number of carbonyl (C=O) groups is 1. The van der Waals surface area contributed by atoms with Crippen molar-refractivity contribution in [3.05, 3.63) is 21.9 Å². The van der Waals surface area contributed by atoms with Gasteiger partial charge in [0.25, 0.3) is 0 Å². The van der Waals surface area contributed by atoms with E-state index >= 15 is 0 Å². The molecule has 1 aromatic rings. The largest absolute Gasteiger partial charge is 0.481 e. The second kappa shape index (κ2) is 5.65. The lowest BCUT2D eigenvalue weighted by atomic mass is 10.0. The number of aliphatic carboxylic acids is 1. The third kappa shape index (κ3) is 3.82. The van der Waals surface area contributed by atoms with Gasteiger partial charge in [-0.3, -0.25) is 9.69 Å². The van der Waals surface area contributed by atoms with Gasteiger partial charge in [0.2, 0.25) is 0 Å². The molecule has 94 valence electrons. The fourth-order valence-electron chi connectivity index (χ4n) is 2.41. The van der Waals surface area contributed by atoms with Crippen molar-refractivity contribution < 1.29 is 9.90 Å². The maximum Gasteiger partial charge on any atom is 0.303 e. The molecule has 1 N–H and O–H groups in total. The third-order valence-electron chi connectivity index (χ3n) is 3.31. The summed E-state index contributed by atoms with van der Waals surface area (Å²) >= 11 is 1.86. The van der Waals surface area contributed by atoms with Crippen molar-refractivity contribution in [2.75, 3.05) is 13.1 Å². The highest BCUT2D eigenvalue weighted by Crippen LogP contribution is 2.24. The highest BCUT2D eigenvalue weighted by molar-refractivity contribution is 7.11. The zero-order chi connectivity index (χ0) is 12.3. The van der Waals surface area contributed by atoms with Gasteiger partial charge in [-0.15, -0.1) is 11.3 Å². The van der Waals surface area contributed by atoms with E-state index in [-0.39, 0.29) is 0 Å². The maximum atomic E-state index is 10.5. The Morgan fingerprint density at radius 3 is 3.06 bits per heavy atom. The van der Waals surface area contributed by atoms with Crippen LogP contribution in [0.2, 0.25) is 0 Å². The SMILES string of the molecule is Cc1ccc(CN2CCC(CCC(=O)O)C2)s1. The lowest BCUT2D eigenvalue weighted by Crippen LogP contribution is -2.19. The van der Waals surface area contributed by atoms with Crippen molar-refractivity contribution in [1.82, 2.24) is 4.90 Å². The predicted molar refractivity (Wildman–Crippen MR) is 69.3 cm³/mol. The number of aryl methyl sites for hydroxylation is 1. The van der Waals surface area contributed by atoms with Crippen LogP contribution in [0, 0.1) is 12.8 Å². The Balaban J connectivity index is 1.76. The molecule has 2 heterocycles. The van der Waals surface area contributed by atoms with Crippen LogP contribution in [-0.4, -0.2) is 29.1 Å². The predicted octanol–water partition coefficient (Wildman–Crippen LogP) is 2.74. The molecule has 1 aliphatic rings. The molecule has 1 atom stereocenters. The quantitative estimate of drug-likeness (QED) is 0.877. The van der Waals surface area contributed by atoms with E-state index in [4.69, 9.17) is 5.11 Å². The van der Waals surface area contributed by atoms with Crippen LogP contribution < -0.4 is 0 Å². The molecule has 0 radical (unpaired) electrons. The number of hydrogen-bond donors (Lipinski definition) is 1. The number of thiophene rings is 1. The Bertz CT molecular complexity index is 389. The first-order chi connectivity index (χ1) is 8.13. The fraction of sp³-hybridized carbons (Fsp3) is 0.615. The summed E-state index contributed by atoms with van der Waals surface area (Å²) in [6.07, 6.45) is 2.30. The molecule has 1 aliphatic heterocycles. The van der Waals surface area contributed by atoms with Crippen LogP contribution in [-0.2, 0) is 11.3 Å². The van der Waals surface area contributed by atoms with E-state index in [0.717, 1.165) is 32.5 Å². The van der Waals surface area contributed by atoms with E-state index in [1.165, 1.54) is 9.75 Å². The van der Waals surface area contributed by atoms with E-state index in [1.54, 1.807) is 0 Å². The number of rotatable bonds is 5. The Morgan fingerprint density at radius 1 is 1.59 bits per heavy atom. The third-order valence-corrected chi connectivity index (χ3v) is 4.30. The Morgan fingerprint density at radius 2 is 2.41 bits per heavy atom. The van der Waals surface area contributed by atoms with Gasteiger partial charge in [0.15, 0.2) is 0 Å². The summed E-state index contributed by atoms with van der Waals surface area (Å²) < 4.78 is 0. The van der Waals surface area contributed by atoms with Crippen molar-refractivity contribution in [3.8, 4) is 0 Å². The molecule has 1 aromatic heterocycles. The molecular weight excluding hydrogens is 234 g/mol. The average Bonchev–Trinajstić information content (AvgIpc) is 2.86. The van der Waals surface area contributed by atoms with Crippen LogP contribution in [0.1, 0.15) is 29.0 Å². The molecule has 0 bridgehead atoms. The Kier molecular flexibility index (Phi) is 4.18. The van der Waals surface area contributed by atoms with E-state index in [0.29, 0.717) is 12.3 Å². The van der Waals surface area contributed by atoms with Crippen LogP contribution in [0.4, 0.5) is 0 Å². The molecule has 4 heteroatoms. The zero-order valence-electron chi connectivity index (χ0n) is 10.2. The van der Waals surface area contributed by atoms with Gasteiger partial charge in [0, 0.05) is 29.3 Å². The summed E-state index contributed by atoms with van der Waals surface area (Å²) in [6, 6.07) is 4.36. The second-order valence-corrected chi connectivity index (χ2v) is 6.21. The van der Waals surface area contributed by atoms with Crippen molar-refractivity contribution in [2.24, 2.45) is 5.92 Å². The molecule has 0 aromatic carbocycles. The lowest BCUT2D eigenvalue weighted by Gasteiger charge is -2.14. The molecule has 0 spiro atoms. The lowest BCUT2D eigenvalue weighted by molar-refractivity contribution is -0.137. The van der Waals surface area contributed by atoms with Crippen molar-refractivity contribution >= 4 is 17.3 Å². The first-order valence-electron chi connectivity index (χ1n) is 6.13. The molecular formula is C13H19NO2S. The highest BCUT2D eigenvalue weighted by atomic mass is 32.1. The number of carboxylic acids is 1. The zero-order valence-corrected chi connectivity index (χ0v) is 11.0. The molecule has 1 unspecified atom stereocenters. The summed E-state index contributed by atoms with van der Waals surface area (Å²) in [5.41, 5.74) is 0. The smallest absolute Gasteiger partial charge is 0.303 e. The molecule has 1 fully saturated rings. The fourth-order valence-corrected chi connectivity index (χ4v) is 3.34. The minimum atomic E-state index is -0.669. The summed E-state index contributed by atoms with van der Waals surface area (Å²) in [7, 11) is 0. The topological polar surface area (TPSA) is 40.5 Å². The summed E-state index contributed by atoms with van der Waals surface area (Å²) in [6.45, 7) is 5.33. The van der Waals surface area contributed by atoms with E-state index < -0.39 is 5.97 Å². The van der Waals surface area contributed by atoms with E-state index in [1.807, 2.05) is 11.3 Å². The molecule has 0 aliphatic carbocycles. The Hall–Kier alpha value is -0.870. The molecule has 3 nitrogen and oxygen atoms in total. The number of hydrogen-bond acceptors (Lipinski definition) is 3. The monoisotopic (exact) mass is 253 g/mol. The van der Waals surface area contributed by atoms with Crippen LogP contribution in [0.15, 0.2) is 12.1 Å². The van der Waals surface area contributed by atoms with Gasteiger partial charge in [-0.2, -0.15) is 0 Å². The van der Waals surface area contributed by atoms with Gasteiger partial charge >= 0.3 is 5.97 Å². The van der Waals surface area contributed by atoms with E-state index in [2.05, 4.69) is 24.0 Å². The average molecular weight is 253 g/mol. The molecule has 1 saturated heterocycles. The summed E-state index contributed by atoms with van der Waals surface area (Å²) in [4.78, 5) is 15.7. The van der Waals surface area contributed by atoms with Crippen LogP contribution >= 0.6 is 11.3 Å². The number of likely N-dealkylation sites (tertiary alicyclic amines) is 1. The first-order valence-corrected chi connectivity index (χ1v) is 6.94. The van der Waals surface area contributed by atoms with Gasteiger partial charge in [0.1, 0.15) is 0 Å². The van der Waals surface area contributed by atoms with Crippen LogP contribution in [0.5, 0.6) is 0 Å². The Labute approximate surface area is 106 Å². The van der Waals surface area contributed by atoms with E-state index in [9.17, 15) is 4.79 Å². The molecule has 0 amide bonds. The standard InChI is InChI=1S/C13H19NO2S/c1-10-2-4-12(17-10)9-14-7-6-11(8-14)3-5-13(15)16/h2,4,11H,3,5-9H2,1H3,(H,15,16). The summed E-state index contributed by atoms with van der Waals surface area (Å²) in [5, 5.41) is 8.67. The van der Waals surface area contributed by atoms with Gasteiger partial charge in [-0.1, -0.05) is 0 Å².